The molecule has 5 heteroatoms. The molecule has 3 N–H and O–H groups in total. The third kappa shape index (κ3) is 2.43. The van der Waals surface area contributed by atoms with E-state index in [1.54, 1.807) is 11.3 Å². The SMILES string of the molecule is CC(C)Nc1ccc(-c2nc3c(ccc4sccc43)o2)cc1N. The third-order valence-corrected chi connectivity index (χ3v) is 4.61. The molecule has 0 bridgehead atoms. The zero-order valence-corrected chi connectivity index (χ0v) is 13.8. The molecule has 4 nitrogen and oxygen atoms in total. The lowest BCUT2D eigenvalue weighted by molar-refractivity contribution is 0.620. The van der Waals surface area contributed by atoms with Crippen LogP contribution in [0.1, 0.15) is 13.8 Å². The lowest BCUT2D eigenvalue weighted by Crippen LogP contribution is -2.11. The van der Waals surface area contributed by atoms with Crippen molar-refractivity contribution in [1.82, 2.24) is 4.98 Å². The van der Waals surface area contributed by atoms with Gasteiger partial charge in [0, 0.05) is 21.7 Å². The molecule has 0 amide bonds. The second-order valence-electron chi connectivity index (χ2n) is 5.86. The van der Waals surface area contributed by atoms with Crippen LogP contribution in [-0.2, 0) is 0 Å². The van der Waals surface area contributed by atoms with Gasteiger partial charge in [-0.25, -0.2) is 4.98 Å². The van der Waals surface area contributed by atoms with E-state index < -0.39 is 0 Å². The average Bonchev–Trinajstić information content (AvgIpc) is 3.13. The number of benzene rings is 2. The Labute approximate surface area is 137 Å². The Bertz CT molecular complexity index is 1000. The molecule has 0 aliphatic carbocycles. The molecule has 4 aromatic rings. The van der Waals surface area contributed by atoms with Crippen LogP contribution in [0.3, 0.4) is 0 Å². The topological polar surface area (TPSA) is 64.1 Å². The molecule has 0 spiro atoms. The minimum absolute atomic E-state index is 0.333. The lowest BCUT2D eigenvalue weighted by atomic mass is 10.1. The van der Waals surface area contributed by atoms with Gasteiger partial charge in [-0.15, -0.1) is 11.3 Å². The van der Waals surface area contributed by atoms with Gasteiger partial charge in [0.25, 0.3) is 0 Å². The summed E-state index contributed by atoms with van der Waals surface area (Å²) in [5.41, 5.74) is 10.4. The summed E-state index contributed by atoms with van der Waals surface area (Å²) in [4.78, 5) is 4.68. The van der Waals surface area contributed by atoms with Crippen molar-refractivity contribution in [1.29, 1.82) is 0 Å². The Balaban J connectivity index is 1.81. The van der Waals surface area contributed by atoms with Crippen molar-refractivity contribution in [2.75, 3.05) is 11.1 Å². The van der Waals surface area contributed by atoms with Crippen molar-refractivity contribution in [3.05, 3.63) is 41.8 Å². The first-order valence-corrected chi connectivity index (χ1v) is 8.43. The molecule has 0 saturated heterocycles. The molecule has 0 fully saturated rings. The number of nitrogens with two attached hydrogens (primary N) is 1. The minimum Gasteiger partial charge on any atom is -0.436 e. The van der Waals surface area contributed by atoms with Crippen molar-refractivity contribution < 1.29 is 4.42 Å². The van der Waals surface area contributed by atoms with Gasteiger partial charge in [-0.1, -0.05) is 0 Å². The molecule has 2 aromatic carbocycles. The highest BCUT2D eigenvalue weighted by Gasteiger charge is 2.13. The molecule has 0 aliphatic heterocycles. The zero-order chi connectivity index (χ0) is 16.0. The summed E-state index contributed by atoms with van der Waals surface area (Å²) in [6.45, 7) is 4.17. The average molecular weight is 323 g/mol. The predicted octanol–water partition coefficient (Wildman–Crippen LogP) is 5.11. The fourth-order valence-electron chi connectivity index (χ4n) is 2.70. The van der Waals surface area contributed by atoms with E-state index >= 15 is 0 Å². The van der Waals surface area contributed by atoms with E-state index in [-0.39, 0.29) is 0 Å². The number of nitrogens with zero attached hydrogens (tertiary/aromatic N) is 1. The van der Waals surface area contributed by atoms with E-state index in [1.165, 1.54) is 4.70 Å². The molecule has 23 heavy (non-hydrogen) atoms. The molecule has 116 valence electrons. The number of nitrogens with one attached hydrogen (secondary N) is 1. The van der Waals surface area contributed by atoms with E-state index in [9.17, 15) is 0 Å². The van der Waals surface area contributed by atoms with Gasteiger partial charge in [-0.05, 0) is 55.6 Å². The van der Waals surface area contributed by atoms with Gasteiger partial charge >= 0.3 is 0 Å². The summed E-state index contributed by atoms with van der Waals surface area (Å²) in [5.74, 6) is 0.599. The largest absolute Gasteiger partial charge is 0.436 e. The van der Waals surface area contributed by atoms with Crippen molar-refractivity contribution in [3.63, 3.8) is 0 Å². The van der Waals surface area contributed by atoms with Crippen molar-refractivity contribution >= 4 is 43.9 Å². The standard InChI is InChI=1S/C18H17N3OS/c1-10(2)20-14-4-3-11(9-13(14)19)18-21-17-12-7-8-23-16(12)6-5-15(17)22-18/h3-10,20H,19H2,1-2H3. The van der Waals surface area contributed by atoms with E-state index in [0.717, 1.165) is 27.7 Å². The van der Waals surface area contributed by atoms with Crippen molar-refractivity contribution in [2.45, 2.75) is 19.9 Å². The molecule has 0 radical (unpaired) electrons. The van der Waals surface area contributed by atoms with Crippen LogP contribution in [0.4, 0.5) is 11.4 Å². The molecule has 0 saturated carbocycles. The first-order chi connectivity index (χ1) is 11.1. The van der Waals surface area contributed by atoms with Crippen LogP contribution in [0.15, 0.2) is 46.2 Å². The van der Waals surface area contributed by atoms with Crippen LogP contribution in [0.5, 0.6) is 0 Å². The predicted molar refractivity (Wildman–Crippen MR) is 98.0 cm³/mol. The number of rotatable bonds is 3. The van der Waals surface area contributed by atoms with Crippen LogP contribution in [0.2, 0.25) is 0 Å². The molecule has 4 rings (SSSR count). The van der Waals surface area contributed by atoms with Crippen molar-refractivity contribution in [2.24, 2.45) is 0 Å². The number of fused-ring (bicyclic) bond motifs is 3. The molecular formula is C18H17N3OS. The maximum atomic E-state index is 6.14. The number of hydrogen-bond donors (Lipinski definition) is 2. The second kappa shape index (κ2) is 5.28. The minimum atomic E-state index is 0.333. The zero-order valence-electron chi connectivity index (χ0n) is 13.0. The van der Waals surface area contributed by atoms with Gasteiger partial charge in [0.05, 0.1) is 11.4 Å². The molecule has 2 aromatic heterocycles. The maximum absolute atomic E-state index is 6.14. The van der Waals surface area contributed by atoms with Gasteiger partial charge in [0.15, 0.2) is 5.58 Å². The van der Waals surface area contributed by atoms with E-state index in [0.29, 0.717) is 17.6 Å². The fraction of sp³-hybridized carbons (Fsp3) is 0.167. The highest BCUT2D eigenvalue weighted by molar-refractivity contribution is 7.17. The molecule has 2 heterocycles. The number of aromatic nitrogens is 1. The number of oxazole rings is 1. The van der Waals surface area contributed by atoms with Gasteiger partial charge in [0.1, 0.15) is 5.52 Å². The second-order valence-corrected chi connectivity index (χ2v) is 6.81. The van der Waals surface area contributed by atoms with Gasteiger partial charge in [-0.3, -0.25) is 0 Å². The van der Waals surface area contributed by atoms with Gasteiger partial charge in [0.2, 0.25) is 5.89 Å². The molecular weight excluding hydrogens is 306 g/mol. The Kier molecular flexibility index (Phi) is 3.23. The fourth-order valence-corrected chi connectivity index (χ4v) is 3.49. The number of thiophene rings is 1. The Morgan fingerprint density at radius 3 is 2.83 bits per heavy atom. The normalized spacial score (nSPS) is 11.6. The van der Waals surface area contributed by atoms with Crippen LogP contribution in [0.25, 0.3) is 32.6 Å². The van der Waals surface area contributed by atoms with Crippen LogP contribution in [-0.4, -0.2) is 11.0 Å². The van der Waals surface area contributed by atoms with E-state index in [1.807, 2.05) is 24.3 Å². The number of nitrogen functional groups attached to an aromatic ring is 1. The summed E-state index contributed by atoms with van der Waals surface area (Å²) in [5, 5.41) is 6.53. The lowest BCUT2D eigenvalue weighted by Gasteiger charge is -2.12. The first-order valence-electron chi connectivity index (χ1n) is 7.55. The molecule has 0 unspecified atom stereocenters. The number of anilines is 2. The summed E-state index contributed by atoms with van der Waals surface area (Å²) in [6.07, 6.45) is 0. The van der Waals surface area contributed by atoms with Crippen LogP contribution in [0, 0.1) is 0 Å². The first kappa shape index (κ1) is 14.1. The summed E-state index contributed by atoms with van der Waals surface area (Å²) < 4.78 is 7.14. The summed E-state index contributed by atoms with van der Waals surface area (Å²) >= 11 is 1.71. The Morgan fingerprint density at radius 1 is 1.17 bits per heavy atom. The summed E-state index contributed by atoms with van der Waals surface area (Å²) in [7, 11) is 0. The Morgan fingerprint density at radius 2 is 2.04 bits per heavy atom. The van der Waals surface area contributed by atoms with Crippen LogP contribution >= 0.6 is 11.3 Å². The maximum Gasteiger partial charge on any atom is 0.227 e. The molecule has 0 atom stereocenters. The smallest absolute Gasteiger partial charge is 0.227 e. The highest BCUT2D eigenvalue weighted by Crippen LogP contribution is 2.33. The van der Waals surface area contributed by atoms with E-state index in [4.69, 9.17) is 10.2 Å². The van der Waals surface area contributed by atoms with Crippen molar-refractivity contribution in [3.8, 4) is 11.5 Å². The van der Waals surface area contributed by atoms with Crippen LogP contribution < -0.4 is 11.1 Å². The van der Waals surface area contributed by atoms with E-state index in [2.05, 4.69) is 41.7 Å². The summed E-state index contributed by atoms with van der Waals surface area (Å²) in [6, 6.07) is 12.3. The van der Waals surface area contributed by atoms with Gasteiger partial charge < -0.3 is 15.5 Å². The molecule has 0 aliphatic rings. The Hall–Kier alpha value is -2.53. The monoisotopic (exact) mass is 323 g/mol. The number of hydrogen-bond acceptors (Lipinski definition) is 5. The third-order valence-electron chi connectivity index (χ3n) is 3.73. The highest BCUT2D eigenvalue weighted by atomic mass is 32.1. The quantitative estimate of drug-likeness (QED) is 0.514. The van der Waals surface area contributed by atoms with Gasteiger partial charge in [-0.2, -0.15) is 0 Å².